The zero-order valence-corrected chi connectivity index (χ0v) is 15.2. The normalized spacial score (nSPS) is 10.9. The highest BCUT2D eigenvalue weighted by Gasteiger charge is 2.18. The molecule has 0 aliphatic heterocycles. The van der Waals surface area contributed by atoms with Crippen molar-refractivity contribution in [3.05, 3.63) is 65.8 Å². The van der Waals surface area contributed by atoms with E-state index in [1.165, 1.54) is 6.33 Å². The molecule has 1 N–H and O–H groups in total. The van der Waals surface area contributed by atoms with Gasteiger partial charge in [0.2, 0.25) is 0 Å². The molecule has 27 heavy (non-hydrogen) atoms. The van der Waals surface area contributed by atoms with Crippen molar-refractivity contribution in [1.29, 1.82) is 0 Å². The predicted octanol–water partition coefficient (Wildman–Crippen LogP) is 3.50. The average molecular weight is 379 g/mol. The smallest absolute Gasteiger partial charge is 0.159 e. The van der Waals surface area contributed by atoms with Crippen molar-refractivity contribution >= 4 is 17.4 Å². The molecule has 134 valence electrons. The Morgan fingerprint density at radius 3 is 2.78 bits per heavy atom. The van der Waals surface area contributed by atoms with Crippen LogP contribution in [0, 0.1) is 0 Å². The number of hydrogen-bond donors (Lipinski definition) is 1. The molecule has 3 aromatic heterocycles. The highest BCUT2D eigenvalue weighted by Crippen LogP contribution is 2.34. The molecule has 0 amide bonds. The van der Waals surface area contributed by atoms with E-state index in [0.717, 1.165) is 16.8 Å². The Kier molecular flexibility index (Phi) is 4.52. The molecule has 1 aromatic carbocycles. The Balaban J connectivity index is 1.85. The van der Waals surface area contributed by atoms with Gasteiger partial charge in [0.15, 0.2) is 5.82 Å². The molecule has 0 radical (unpaired) electrons. The van der Waals surface area contributed by atoms with Gasteiger partial charge in [-0.2, -0.15) is 10.2 Å². The number of halogens is 1. The van der Waals surface area contributed by atoms with E-state index in [2.05, 4.69) is 20.2 Å². The summed E-state index contributed by atoms with van der Waals surface area (Å²) in [6, 6.07) is 11.2. The third-order valence-corrected chi connectivity index (χ3v) is 4.34. The molecule has 7 nitrogen and oxygen atoms in total. The van der Waals surface area contributed by atoms with E-state index in [0.29, 0.717) is 22.2 Å². The first-order valence-electron chi connectivity index (χ1n) is 8.27. The third-order valence-electron chi connectivity index (χ3n) is 4.01. The molecule has 4 aromatic rings. The Bertz CT molecular complexity index is 1100. The van der Waals surface area contributed by atoms with Gasteiger partial charge in [-0.25, -0.2) is 9.67 Å². The average Bonchev–Trinajstić information content (AvgIpc) is 3.31. The number of aromatic amines is 1. The number of carbonyl (C=O) groups is 1. The van der Waals surface area contributed by atoms with Gasteiger partial charge in [0.05, 0.1) is 16.3 Å². The molecule has 0 aliphatic carbocycles. The number of nitrogens with zero attached hydrogens (tertiary/aromatic N) is 5. The van der Waals surface area contributed by atoms with Gasteiger partial charge in [0.1, 0.15) is 17.8 Å². The summed E-state index contributed by atoms with van der Waals surface area (Å²) in [4.78, 5) is 19.9. The van der Waals surface area contributed by atoms with Crippen LogP contribution in [-0.2, 0) is 11.2 Å². The van der Waals surface area contributed by atoms with Crippen molar-refractivity contribution in [3.8, 4) is 28.3 Å². The quantitative estimate of drug-likeness (QED) is 0.574. The highest BCUT2D eigenvalue weighted by molar-refractivity contribution is 6.33. The standard InChI is InChI=1S/C19H15ClN6O/c1-12(27)8-13-9-14(6-7-21-13)26-10-16(19-22-11-23-24-19)18(25-26)15-4-2-3-5-17(15)20/h2-7,9-11H,8H2,1H3,(H,22,23,24). The topological polar surface area (TPSA) is 89.4 Å². The molecule has 4 rings (SSSR count). The predicted molar refractivity (Wildman–Crippen MR) is 102 cm³/mol. The number of hydrogen-bond acceptors (Lipinski definition) is 5. The van der Waals surface area contributed by atoms with E-state index >= 15 is 0 Å². The lowest BCUT2D eigenvalue weighted by Gasteiger charge is -2.04. The van der Waals surface area contributed by atoms with Crippen molar-refractivity contribution in [3.63, 3.8) is 0 Å². The lowest BCUT2D eigenvalue weighted by Crippen LogP contribution is -2.02. The van der Waals surface area contributed by atoms with E-state index in [9.17, 15) is 4.79 Å². The first-order valence-corrected chi connectivity index (χ1v) is 8.64. The highest BCUT2D eigenvalue weighted by atomic mass is 35.5. The fourth-order valence-electron chi connectivity index (χ4n) is 2.83. The minimum atomic E-state index is 0.0548. The van der Waals surface area contributed by atoms with Crippen LogP contribution in [0.25, 0.3) is 28.3 Å². The zero-order valence-electron chi connectivity index (χ0n) is 14.4. The summed E-state index contributed by atoms with van der Waals surface area (Å²) in [6.07, 6.45) is 5.24. The number of benzene rings is 1. The van der Waals surface area contributed by atoms with Crippen LogP contribution in [0.15, 0.2) is 55.1 Å². The van der Waals surface area contributed by atoms with Gasteiger partial charge in [0.25, 0.3) is 0 Å². The van der Waals surface area contributed by atoms with E-state index in [4.69, 9.17) is 16.7 Å². The Hall–Kier alpha value is -3.32. The molecular weight excluding hydrogens is 364 g/mol. The van der Waals surface area contributed by atoms with Gasteiger partial charge in [-0.05, 0) is 25.1 Å². The number of nitrogens with one attached hydrogen (secondary N) is 1. The number of rotatable bonds is 5. The second kappa shape index (κ2) is 7.13. The third kappa shape index (κ3) is 3.50. The summed E-state index contributed by atoms with van der Waals surface area (Å²) < 4.78 is 1.72. The SMILES string of the molecule is CC(=O)Cc1cc(-n2cc(-c3ncn[nH]3)c(-c3ccccc3Cl)n2)ccn1. The van der Waals surface area contributed by atoms with Crippen molar-refractivity contribution in [2.24, 2.45) is 0 Å². The maximum Gasteiger partial charge on any atom is 0.159 e. The minimum Gasteiger partial charge on any atom is -0.300 e. The largest absolute Gasteiger partial charge is 0.300 e. The maximum absolute atomic E-state index is 11.4. The maximum atomic E-state index is 11.4. The van der Waals surface area contributed by atoms with Gasteiger partial charge < -0.3 is 0 Å². The Labute approximate surface area is 160 Å². The molecular formula is C19H15ClN6O. The minimum absolute atomic E-state index is 0.0548. The molecule has 0 bridgehead atoms. The number of Topliss-reactive ketones (excluding diaryl/α,β-unsaturated/α-hetero) is 1. The number of ketones is 1. The van der Waals surface area contributed by atoms with Crippen molar-refractivity contribution in [1.82, 2.24) is 29.9 Å². The Morgan fingerprint density at radius 2 is 2.04 bits per heavy atom. The van der Waals surface area contributed by atoms with Crippen LogP contribution in [0.1, 0.15) is 12.6 Å². The van der Waals surface area contributed by atoms with E-state index in [1.807, 2.05) is 42.6 Å². The van der Waals surface area contributed by atoms with Crippen LogP contribution in [0.2, 0.25) is 5.02 Å². The fraction of sp³-hybridized carbons (Fsp3) is 0.105. The summed E-state index contributed by atoms with van der Waals surface area (Å²) in [5.74, 6) is 0.647. The van der Waals surface area contributed by atoms with Crippen LogP contribution in [0.4, 0.5) is 0 Å². The molecule has 0 saturated carbocycles. The van der Waals surface area contributed by atoms with Gasteiger partial charge in [-0.1, -0.05) is 29.8 Å². The first kappa shape index (κ1) is 17.1. The molecule has 0 fully saturated rings. The second-order valence-corrected chi connectivity index (χ2v) is 6.44. The van der Waals surface area contributed by atoms with E-state index in [-0.39, 0.29) is 12.2 Å². The molecule has 0 unspecified atom stereocenters. The van der Waals surface area contributed by atoms with Gasteiger partial charge in [0, 0.05) is 30.1 Å². The van der Waals surface area contributed by atoms with Gasteiger partial charge in [-0.15, -0.1) is 0 Å². The molecule has 8 heteroatoms. The summed E-state index contributed by atoms with van der Waals surface area (Å²) in [7, 11) is 0. The first-order chi connectivity index (χ1) is 13.1. The van der Waals surface area contributed by atoms with E-state index in [1.54, 1.807) is 17.8 Å². The number of aromatic nitrogens is 6. The molecule has 0 atom stereocenters. The van der Waals surface area contributed by atoms with Crippen molar-refractivity contribution in [2.75, 3.05) is 0 Å². The summed E-state index contributed by atoms with van der Waals surface area (Å²) in [5, 5.41) is 12.1. The zero-order chi connectivity index (χ0) is 18.8. The summed E-state index contributed by atoms with van der Waals surface area (Å²) in [6.45, 7) is 1.54. The van der Waals surface area contributed by atoms with Crippen LogP contribution >= 0.6 is 11.6 Å². The molecule has 3 heterocycles. The number of pyridine rings is 1. The number of carbonyl (C=O) groups excluding carboxylic acids is 1. The number of H-pyrrole nitrogens is 1. The molecule has 0 aliphatic rings. The van der Waals surface area contributed by atoms with Crippen LogP contribution in [0.3, 0.4) is 0 Å². The summed E-state index contributed by atoms with van der Waals surface area (Å²) in [5.41, 5.74) is 3.73. The van der Waals surface area contributed by atoms with Crippen molar-refractivity contribution < 1.29 is 4.79 Å². The van der Waals surface area contributed by atoms with Crippen molar-refractivity contribution in [2.45, 2.75) is 13.3 Å². The van der Waals surface area contributed by atoms with Gasteiger partial charge in [-0.3, -0.25) is 14.9 Å². The van der Waals surface area contributed by atoms with Crippen LogP contribution in [0.5, 0.6) is 0 Å². The lowest BCUT2D eigenvalue weighted by molar-refractivity contribution is -0.116. The second-order valence-electron chi connectivity index (χ2n) is 6.03. The Morgan fingerprint density at radius 1 is 1.19 bits per heavy atom. The van der Waals surface area contributed by atoms with Gasteiger partial charge >= 0.3 is 0 Å². The summed E-state index contributed by atoms with van der Waals surface area (Å²) >= 11 is 6.39. The van der Waals surface area contributed by atoms with Crippen LogP contribution in [-0.4, -0.2) is 35.7 Å². The molecule has 0 saturated heterocycles. The lowest BCUT2D eigenvalue weighted by atomic mass is 10.1. The van der Waals surface area contributed by atoms with Crippen LogP contribution < -0.4 is 0 Å². The van der Waals surface area contributed by atoms with E-state index < -0.39 is 0 Å². The fourth-order valence-corrected chi connectivity index (χ4v) is 3.05. The monoisotopic (exact) mass is 378 g/mol. The molecule has 0 spiro atoms.